The Bertz CT molecular complexity index is 452. The first-order valence-electron chi connectivity index (χ1n) is 4.74. The van der Waals surface area contributed by atoms with Crippen molar-refractivity contribution in [3.63, 3.8) is 0 Å². The molecule has 2 N–H and O–H groups in total. The third-order valence-electron chi connectivity index (χ3n) is 2.07. The van der Waals surface area contributed by atoms with Crippen LogP contribution in [0, 0.1) is 11.3 Å². The summed E-state index contributed by atoms with van der Waals surface area (Å²) in [7, 11) is 0. The van der Waals surface area contributed by atoms with E-state index in [1.54, 1.807) is 6.92 Å². The van der Waals surface area contributed by atoms with E-state index in [2.05, 4.69) is 0 Å². The van der Waals surface area contributed by atoms with Crippen molar-refractivity contribution in [3.8, 4) is 6.07 Å². The number of nitriles is 1. The number of ether oxygens (including phenoxy) is 1. The molecule has 1 aromatic rings. The van der Waals surface area contributed by atoms with E-state index in [0.29, 0.717) is 11.1 Å². The fraction of sp³-hybridized carbons (Fsp3) is 0.273. The number of esters is 1. The van der Waals surface area contributed by atoms with Crippen LogP contribution in [-0.2, 0) is 11.3 Å². The molecule has 0 aliphatic heterocycles. The summed E-state index contributed by atoms with van der Waals surface area (Å²) in [6, 6.07) is 4.94. The van der Waals surface area contributed by atoms with Gasteiger partial charge in [-0.15, -0.1) is 0 Å². The summed E-state index contributed by atoms with van der Waals surface area (Å²) >= 11 is 5.83. The van der Waals surface area contributed by atoms with Crippen molar-refractivity contribution in [1.82, 2.24) is 0 Å². The molecule has 4 nitrogen and oxygen atoms in total. The largest absolute Gasteiger partial charge is 0.462 e. The van der Waals surface area contributed by atoms with E-state index in [1.165, 1.54) is 12.1 Å². The minimum Gasteiger partial charge on any atom is -0.462 e. The van der Waals surface area contributed by atoms with Gasteiger partial charge in [-0.2, -0.15) is 5.26 Å². The Morgan fingerprint density at radius 2 is 2.31 bits per heavy atom. The lowest BCUT2D eigenvalue weighted by Gasteiger charge is -2.09. The third-order valence-corrected chi connectivity index (χ3v) is 2.39. The summed E-state index contributed by atoms with van der Waals surface area (Å²) in [6.45, 7) is 2.05. The molecule has 0 radical (unpaired) electrons. The lowest BCUT2D eigenvalue weighted by atomic mass is 10.0. The summed E-state index contributed by atoms with van der Waals surface area (Å²) in [5.41, 5.74) is 6.46. The molecule has 1 rings (SSSR count). The molecule has 0 aliphatic rings. The van der Waals surface area contributed by atoms with Gasteiger partial charge in [-0.1, -0.05) is 11.6 Å². The van der Waals surface area contributed by atoms with Crippen LogP contribution in [0.5, 0.6) is 0 Å². The van der Waals surface area contributed by atoms with Gasteiger partial charge in [0.05, 0.1) is 22.8 Å². The molecule has 0 unspecified atom stereocenters. The molecule has 0 heterocycles. The van der Waals surface area contributed by atoms with Gasteiger partial charge >= 0.3 is 5.97 Å². The average Bonchev–Trinajstić information content (AvgIpc) is 2.28. The molecule has 5 heteroatoms. The fourth-order valence-corrected chi connectivity index (χ4v) is 1.57. The fourth-order valence-electron chi connectivity index (χ4n) is 1.35. The van der Waals surface area contributed by atoms with Crippen molar-refractivity contribution in [2.75, 3.05) is 6.61 Å². The Balaban J connectivity index is 3.31. The normalized spacial score (nSPS) is 9.62. The van der Waals surface area contributed by atoms with E-state index in [1.807, 2.05) is 6.07 Å². The number of halogens is 1. The van der Waals surface area contributed by atoms with Crippen molar-refractivity contribution in [1.29, 1.82) is 5.26 Å². The summed E-state index contributed by atoms with van der Waals surface area (Å²) in [5.74, 6) is -0.490. The number of hydrogen-bond acceptors (Lipinski definition) is 4. The number of carbonyl (C=O) groups is 1. The molecule has 16 heavy (non-hydrogen) atoms. The van der Waals surface area contributed by atoms with Crippen LogP contribution in [0.15, 0.2) is 12.1 Å². The van der Waals surface area contributed by atoms with E-state index in [0.717, 1.165) is 0 Å². The summed E-state index contributed by atoms with van der Waals surface area (Å²) in [6.07, 6.45) is 0. The van der Waals surface area contributed by atoms with E-state index in [9.17, 15) is 4.79 Å². The minimum absolute atomic E-state index is 0.0671. The molecule has 1 aromatic carbocycles. The highest BCUT2D eigenvalue weighted by molar-refractivity contribution is 6.32. The molecular formula is C11H11ClN2O2. The van der Waals surface area contributed by atoms with Gasteiger partial charge in [-0.05, 0) is 24.6 Å². The number of carbonyl (C=O) groups excluding carboxylic acids is 1. The van der Waals surface area contributed by atoms with Gasteiger partial charge in [-0.25, -0.2) is 4.79 Å². The highest BCUT2D eigenvalue weighted by atomic mass is 35.5. The molecule has 0 aromatic heterocycles. The Labute approximate surface area is 98.6 Å². The highest BCUT2D eigenvalue weighted by Crippen LogP contribution is 2.23. The lowest BCUT2D eigenvalue weighted by Crippen LogP contribution is -2.12. The standard InChI is InChI=1S/C11H11ClN2O2/c1-2-16-11(15)7-3-4-10(12)9(6-14)8(7)5-13/h3-4H,2,5,13H2,1H3. The van der Waals surface area contributed by atoms with Crippen LogP contribution in [0.2, 0.25) is 5.02 Å². The predicted octanol–water partition coefficient (Wildman–Crippen LogP) is 1.85. The van der Waals surface area contributed by atoms with Gasteiger partial charge in [0.1, 0.15) is 6.07 Å². The van der Waals surface area contributed by atoms with E-state index in [-0.39, 0.29) is 23.7 Å². The van der Waals surface area contributed by atoms with Crippen LogP contribution in [0.1, 0.15) is 28.4 Å². The Kier molecular flexibility index (Phi) is 4.29. The SMILES string of the molecule is CCOC(=O)c1ccc(Cl)c(C#N)c1CN. The van der Waals surface area contributed by atoms with Gasteiger partial charge in [0.25, 0.3) is 0 Å². The van der Waals surface area contributed by atoms with Crippen LogP contribution in [0.4, 0.5) is 0 Å². The number of nitrogens with zero attached hydrogens (tertiary/aromatic N) is 1. The first-order valence-corrected chi connectivity index (χ1v) is 5.12. The van der Waals surface area contributed by atoms with Gasteiger partial charge in [0.2, 0.25) is 0 Å². The van der Waals surface area contributed by atoms with Gasteiger partial charge in [0.15, 0.2) is 0 Å². The molecule has 0 saturated heterocycles. The van der Waals surface area contributed by atoms with E-state index >= 15 is 0 Å². The summed E-state index contributed by atoms with van der Waals surface area (Å²) in [4.78, 5) is 11.6. The number of benzene rings is 1. The Morgan fingerprint density at radius 3 is 2.81 bits per heavy atom. The van der Waals surface area contributed by atoms with Crippen LogP contribution in [0.3, 0.4) is 0 Å². The van der Waals surface area contributed by atoms with Crippen LogP contribution >= 0.6 is 11.6 Å². The van der Waals surface area contributed by atoms with Gasteiger partial charge in [0, 0.05) is 6.54 Å². The maximum absolute atomic E-state index is 11.6. The number of hydrogen-bond donors (Lipinski definition) is 1. The topological polar surface area (TPSA) is 76.1 Å². The molecule has 0 amide bonds. The summed E-state index contributed by atoms with van der Waals surface area (Å²) < 4.78 is 4.86. The quantitative estimate of drug-likeness (QED) is 0.816. The molecule has 0 aliphatic carbocycles. The van der Waals surface area contributed by atoms with Crippen LogP contribution in [-0.4, -0.2) is 12.6 Å². The average molecular weight is 239 g/mol. The first kappa shape index (κ1) is 12.5. The second-order valence-corrected chi connectivity index (χ2v) is 3.39. The van der Waals surface area contributed by atoms with Gasteiger partial charge in [-0.3, -0.25) is 0 Å². The van der Waals surface area contributed by atoms with Crippen LogP contribution < -0.4 is 5.73 Å². The second kappa shape index (κ2) is 5.50. The maximum Gasteiger partial charge on any atom is 0.338 e. The third kappa shape index (κ3) is 2.32. The maximum atomic E-state index is 11.6. The Hall–Kier alpha value is -1.57. The zero-order valence-electron chi connectivity index (χ0n) is 8.79. The molecule has 0 saturated carbocycles. The molecule has 0 atom stereocenters. The van der Waals surface area contributed by atoms with Crippen LogP contribution in [0.25, 0.3) is 0 Å². The van der Waals surface area contributed by atoms with Crippen molar-refractivity contribution in [3.05, 3.63) is 33.8 Å². The first-order chi connectivity index (χ1) is 7.65. The number of rotatable bonds is 3. The number of nitrogens with two attached hydrogens (primary N) is 1. The van der Waals surface area contributed by atoms with Gasteiger partial charge < -0.3 is 10.5 Å². The zero-order chi connectivity index (χ0) is 12.1. The zero-order valence-corrected chi connectivity index (χ0v) is 9.54. The monoisotopic (exact) mass is 238 g/mol. The molecule has 0 bridgehead atoms. The highest BCUT2D eigenvalue weighted by Gasteiger charge is 2.17. The van der Waals surface area contributed by atoms with Crippen molar-refractivity contribution in [2.45, 2.75) is 13.5 Å². The van der Waals surface area contributed by atoms with E-state index < -0.39 is 5.97 Å². The molecule has 0 spiro atoms. The lowest BCUT2D eigenvalue weighted by molar-refractivity contribution is 0.0525. The Morgan fingerprint density at radius 1 is 1.62 bits per heavy atom. The predicted molar refractivity (Wildman–Crippen MR) is 60.0 cm³/mol. The van der Waals surface area contributed by atoms with Crippen molar-refractivity contribution in [2.24, 2.45) is 5.73 Å². The molecular weight excluding hydrogens is 228 g/mol. The molecule has 0 fully saturated rings. The van der Waals surface area contributed by atoms with Crippen molar-refractivity contribution < 1.29 is 9.53 Å². The summed E-state index contributed by atoms with van der Waals surface area (Å²) in [5, 5.41) is 9.21. The van der Waals surface area contributed by atoms with Crippen molar-refractivity contribution >= 4 is 17.6 Å². The smallest absolute Gasteiger partial charge is 0.338 e. The van der Waals surface area contributed by atoms with E-state index in [4.69, 9.17) is 27.3 Å². The molecule has 84 valence electrons. The minimum atomic E-state index is -0.490. The second-order valence-electron chi connectivity index (χ2n) is 2.98.